The number of benzene rings is 2. The second-order valence-electron chi connectivity index (χ2n) is 8.49. The van der Waals surface area contributed by atoms with E-state index in [0.29, 0.717) is 5.57 Å². The number of hydrogen-bond donors (Lipinski definition) is 1. The van der Waals surface area contributed by atoms with Crippen LogP contribution in [-0.2, 0) is 5.41 Å². The minimum absolute atomic E-state index is 0.0280. The minimum Gasteiger partial charge on any atom is -0.406 e. The molecule has 2 aromatic carbocycles. The molecule has 0 aliphatic carbocycles. The Kier molecular flexibility index (Phi) is 10.7. The molecule has 0 bridgehead atoms. The molecule has 39 heavy (non-hydrogen) atoms. The van der Waals surface area contributed by atoms with Crippen molar-refractivity contribution in [2.24, 2.45) is 0 Å². The van der Waals surface area contributed by atoms with Gasteiger partial charge in [0.1, 0.15) is 11.5 Å². The van der Waals surface area contributed by atoms with Gasteiger partial charge in [-0.25, -0.2) is 0 Å². The Labute approximate surface area is 219 Å². The number of alkyl halides is 9. The normalized spacial score (nSPS) is 13.2. The highest BCUT2D eigenvalue weighted by Gasteiger charge is 2.38. The van der Waals surface area contributed by atoms with Crippen molar-refractivity contribution in [3.05, 3.63) is 96.6 Å². The molecule has 0 saturated heterocycles. The lowest BCUT2D eigenvalue weighted by Gasteiger charge is -2.37. The summed E-state index contributed by atoms with van der Waals surface area (Å²) in [5.74, 6) is -1.17. The third-order valence-electron chi connectivity index (χ3n) is 5.58. The van der Waals surface area contributed by atoms with Crippen molar-refractivity contribution in [2.45, 2.75) is 43.6 Å². The number of rotatable bonds is 13. The van der Waals surface area contributed by atoms with Crippen LogP contribution in [0.15, 0.2) is 85.5 Å². The van der Waals surface area contributed by atoms with E-state index >= 15 is 0 Å². The highest BCUT2D eigenvalue weighted by molar-refractivity contribution is 5.48. The van der Waals surface area contributed by atoms with Crippen molar-refractivity contribution < 1.29 is 49.0 Å². The average molecular weight is 567 g/mol. The molecule has 1 N–H and O–H groups in total. The van der Waals surface area contributed by atoms with E-state index < -0.39 is 42.2 Å². The Hall–Kier alpha value is -3.41. The highest BCUT2D eigenvalue weighted by atomic mass is 19.4. The number of hydrogen-bond acceptors (Lipinski definition) is 3. The monoisotopic (exact) mass is 567 g/mol. The molecule has 0 amide bonds. The number of allylic oxidation sites excluding steroid dienone is 4. The SMILES string of the molecule is C=C/C=C(\C=C)CC(CNCCCC(F)(F)F)(c1cccc(OC(F)(F)F)c1)c1cccc(OC(F)(F)F)c1. The summed E-state index contributed by atoms with van der Waals surface area (Å²) in [5.41, 5.74) is -0.523. The topological polar surface area (TPSA) is 30.5 Å². The molecular weight excluding hydrogens is 541 g/mol. The molecular formula is C27H26F9NO2. The van der Waals surface area contributed by atoms with E-state index in [1.54, 1.807) is 6.08 Å². The summed E-state index contributed by atoms with van der Waals surface area (Å²) < 4.78 is 124. The Morgan fingerprint density at radius 2 is 1.31 bits per heavy atom. The predicted molar refractivity (Wildman–Crippen MR) is 128 cm³/mol. The summed E-state index contributed by atoms with van der Waals surface area (Å²) >= 11 is 0. The molecule has 0 aliphatic heterocycles. The molecule has 3 nitrogen and oxygen atoms in total. The van der Waals surface area contributed by atoms with Gasteiger partial charge in [-0.3, -0.25) is 0 Å². The van der Waals surface area contributed by atoms with Gasteiger partial charge in [-0.05, 0) is 60.4 Å². The van der Waals surface area contributed by atoms with Crippen LogP contribution in [-0.4, -0.2) is 32.0 Å². The van der Waals surface area contributed by atoms with Crippen LogP contribution in [0.4, 0.5) is 39.5 Å². The van der Waals surface area contributed by atoms with Gasteiger partial charge < -0.3 is 14.8 Å². The van der Waals surface area contributed by atoms with Crippen molar-refractivity contribution in [2.75, 3.05) is 13.1 Å². The zero-order valence-electron chi connectivity index (χ0n) is 20.5. The van der Waals surface area contributed by atoms with Gasteiger partial charge >= 0.3 is 18.9 Å². The fourth-order valence-corrected chi connectivity index (χ4v) is 4.03. The van der Waals surface area contributed by atoms with Crippen molar-refractivity contribution in [3.63, 3.8) is 0 Å². The summed E-state index contributed by atoms with van der Waals surface area (Å²) in [6.07, 6.45) is -11.4. The molecule has 2 aromatic rings. The van der Waals surface area contributed by atoms with E-state index in [1.807, 2.05) is 0 Å². The van der Waals surface area contributed by atoms with E-state index in [-0.39, 0.29) is 37.1 Å². The number of nitrogens with one attached hydrogen (secondary N) is 1. The largest absolute Gasteiger partial charge is 0.573 e. The fourth-order valence-electron chi connectivity index (χ4n) is 4.03. The second kappa shape index (κ2) is 13.1. The number of halogens is 9. The molecule has 0 unspecified atom stereocenters. The van der Waals surface area contributed by atoms with Crippen LogP contribution in [0.1, 0.15) is 30.4 Å². The van der Waals surface area contributed by atoms with Crippen LogP contribution >= 0.6 is 0 Å². The van der Waals surface area contributed by atoms with E-state index in [9.17, 15) is 39.5 Å². The lowest BCUT2D eigenvalue weighted by Crippen LogP contribution is -2.40. The van der Waals surface area contributed by atoms with Gasteiger partial charge in [0.15, 0.2) is 0 Å². The summed E-state index contributed by atoms with van der Waals surface area (Å²) in [4.78, 5) is 0. The van der Waals surface area contributed by atoms with Gasteiger partial charge in [0.05, 0.1) is 0 Å². The van der Waals surface area contributed by atoms with Gasteiger partial charge in [-0.15, -0.1) is 26.3 Å². The molecule has 12 heteroatoms. The summed E-state index contributed by atoms with van der Waals surface area (Å²) in [5, 5.41) is 2.89. The van der Waals surface area contributed by atoms with Crippen molar-refractivity contribution in [1.82, 2.24) is 5.32 Å². The molecule has 0 aliphatic rings. The van der Waals surface area contributed by atoms with Gasteiger partial charge in [0.25, 0.3) is 0 Å². The predicted octanol–water partition coefficient (Wildman–Crippen LogP) is 8.39. The molecule has 0 aromatic heterocycles. The molecule has 214 valence electrons. The standard InChI is InChI=1S/C27H26F9NO2/c1-3-8-19(4-2)17-24(18-37-14-7-13-25(28,29)30,20-9-5-11-22(15-20)38-26(31,32)33)21-10-6-12-23(16-21)39-27(34,35)36/h3-6,8-12,15-16,37H,1-2,7,13-14,17-18H2/b19-8+. The summed E-state index contributed by atoms with van der Waals surface area (Å²) in [6.45, 7) is 7.02. The molecule has 0 saturated carbocycles. The third kappa shape index (κ3) is 10.7. The molecule has 0 fully saturated rings. The van der Waals surface area contributed by atoms with Gasteiger partial charge in [0.2, 0.25) is 0 Å². The van der Waals surface area contributed by atoms with E-state index in [1.165, 1.54) is 36.4 Å². The smallest absolute Gasteiger partial charge is 0.406 e. The highest BCUT2D eigenvalue weighted by Crippen LogP contribution is 2.41. The lowest BCUT2D eigenvalue weighted by atomic mass is 9.70. The zero-order valence-corrected chi connectivity index (χ0v) is 20.5. The molecule has 0 atom stereocenters. The van der Waals surface area contributed by atoms with Crippen LogP contribution in [0.2, 0.25) is 0 Å². The summed E-state index contributed by atoms with van der Waals surface area (Å²) in [7, 11) is 0. The zero-order chi connectivity index (χ0) is 29.3. The average Bonchev–Trinajstić information content (AvgIpc) is 2.80. The molecule has 0 heterocycles. The third-order valence-corrected chi connectivity index (χ3v) is 5.58. The maximum atomic E-state index is 13.0. The number of ether oxygens (including phenoxy) is 2. The minimum atomic E-state index is -5.02. The van der Waals surface area contributed by atoms with Crippen molar-refractivity contribution >= 4 is 0 Å². The first kappa shape index (κ1) is 31.8. The Balaban J connectivity index is 2.69. The van der Waals surface area contributed by atoms with Crippen LogP contribution in [0.3, 0.4) is 0 Å². The first-order valence-corrected chi connectivity index (χ1v) is 11.5. The van der Waals surface area contributed by atoms with E-state index in [0.717, 1.165) is 24.3 Å². The Morgan fingerprint density at radius 1 is 0.795 bits per heavy atom. The van der Waals surface area contributed by atoms with Gasteiger partial charge in [-0.1, -0.05) is 55.7 Å². The fraction of sp³-hybridized carbons (Fsp3) is 0.333. The maximum absolute atomic E-state index is 13.0. The Bertz CT molecular complexity index is 1080. The summed E-state index contributed by atoms with van der Waals surface area (Å²) in [6, 6.07) is 9.71. The molecule has 2 rings (SSSR count). The second-order valence-corrected chi connectivity index (χ2v) is 8.49. The quantitative estimate of drug-likeness (QED) is 0.150. The first-order valence-electron chi connectivity index (χ1n) is 11.5. The maximum Gasteiger partial charge on any atom is 0.573 e. The first-order chi connectivity index (χ1) is 18.1. The van der Waals surface area contributed by atoms with E-state index in [2.05, 4.69) is 27.9 Å². The molecule has 0 radical (unpaired) electrons. The van der Waals surface area contributed by atoms with Gasteiger partial charge in [-0.2, -0.15) is 13.2 Å². The van der Waals surface area contributed by atoms with E-state index in [4.69, 9.17) is 0 Å². The van der Waals surface area contributed by atoms with Crippen LogP contribution in [0.5, 0.6) is 11.5 Å². The van der Waals surface area contributed by atoms with Crippen LogP contribution in [0, 0.1) is 0 Å². The van der Waals surface area contributed by atoms with Crippen molar-refractivity contribution in [3.8, 4) is 11.5 Å². The van der Waals surface area contributed by atoms with Gasteiger partial charge in [0, 0.05) is 18.4 Å². The molecule has 0 spiro atoms. The van der Waals surface area contributed by atoms with Crippen LogP contribution in [0.25, 0.3) is 0 Å². The van der Waals surface area contributed by atoms with Crippen LogP contribution < -0.4 is 14.8 Å². The Morgan fingerprint density at radius 3 is 1.72 bits per heavy atom. The lowest BCUT2D eigenvalue weighted by molar-refractivity contribution is -0.275. The van der Waals surface area contributed by atoms with Crippen molar-refractivity contribution in [1.29, 1.82) is 0 Å².